The lowest BCUT2D eigenvalue weighted by Gasteiger charge is -2.38. The molecule has 0 radical (unpaired) electrons. The minimum Gasteiger partial charge on any atom is -0.368 e. The van der Waals surface area contributed by atoms with Crippen molar-refractivity contribution in [1.82, 2.24) is 14.5 Å². The molecule has 140 valence electrons. The molecular weight excluding hydrogens is 336 g/mol. The number of imidazole rings is 1. The molecule has 5 nitrogen and oxygen atoms in total. The lowest BCUT2D eigenvalue weighted by molar-refractivity contribution is -0.136. The van der Waals surface area contributed by atoms with Crippen LogP contribution in [0.25, 0.3) is 11.0 Å². The maximum absolute atomic E-state index is 13.4. The maximum atomic E-state index is 13.4. The molecule has 0 N–H and O–H groups in total. The number of amides is 1. The molecule has 0 spiro atoms. The van der Waals surface area contributed by atoms with Crippen LogP contribution in [0.15, 0.2) is 60.9 Å². The molecular formula is C22H26N4O. The topological polar surface area (TPSA) is 41.4 Å². The van der Waals surface area contributed by atoms with Gasteiger partial charge in [-0.05, 0) is 30.2 Å². The van der Waals surface area contributed by atoms with Crippen LogP contribution in [0, 0.1) is 5.92 Å². The number of para-hydroxylation sites is 3. The van der Waals surface area contributed by atoms with Gasteiger partial charge in [0.15, 0.2) is 0 Å². The van der Waals surface area contributed by atoms with Gasteiger partial charge >= 0.3 is 0 Å². The molecule has 1 atom stereocenters. The Morgan fingerprint density at radius 1 is 0.926 bits per heavy atom. The zero-order valence-corrected chi connectivity index (χ0v) is 16.0. The largest absolute Gasteiger partial charge is 0.368 e. The Bertz CT molecular complexity index is 910. The summed E-state index contributed by atoms with van der Waals surface area (Å²) in [6.07, 6.45) is 1.81. The van der Waals surface area contributed by atoms with Crippen molar-refractivity contribution in [1.29, 1.82) is 0 Å². The molecule has 4 rings (SSSR count). The van der Waals surface area contributed by atoms with E-state index < -0.39 is 0 Å². The highest BCUT2D eigenvalue weighted by Crippen LogP contribution is 2.26. The van der Waals surface area contributed by atoms with Gasteiger partial charge in [0.1, 0.15) is 6.04 Å². The summed E-state index contributed by atoms with van der Waals surface area (Å²) in [5.41, 5.74) is 3.18. The van der Waals surface area contributed by atoms with Crippen molar-refractivity contribution in [2.45, 2.75) is 19.9 Å². The van der Waals surface area contributed by atoms with E-state index in [2.05, 4.69) is 48.0 Å². The molecule has 3 aromatic rings. The van der Waals surface area contributed by atoms with Gasteiger partial charge in [0.05, 0.1) is 17.4 Å². The Balaban J connectivity index is 1.52. The molecule has 0 unspecified atom stereocenters. The van der Waals surface area contributed by atoms with Gasteiger partial charge in [0.2, 0.25) is 5.91 Å². The standard InChI is InChI=1S/C22H26N4O/c1-17(2)21(26-16-23-19-10-6-7-11-20(19)26)22(27)25-14-12-24(13-15-25)18-8-4-3-5-9-18/h3-11,16-17,21H,12-15H2,1-2H3/t21-/m0/s1. The van der Waals surface area contributed by atoms with Gasteiger partial charge in [-0.25, -0.2) is 4.98 Å². The Morgan fingerprint density at radius 2 is 1.59 bits per heavy atom. The maximum Gasteiger partial charge on any atom is 0.246 e. The van der Waals surface area contributed by atoms with Crippen molar-refractivity contribution < 1.29 is 4.79 Å². The molecule has 27 heavy (non-hydrogen) atoms. The predicted octanol–water partition coefficient (Wildman–Crippen LogP) is 3.58. The van der Waals surface area contributed by atoms with Gasteiger partial charge in [0.25, 0.3) is 0 Å². The third-order valence-corrected chi connectivity index (χ3v) is 5.38. The van der Waals surface area contributed by atoms with E-state index in [1.54, 1.807) is 0 Å². The molecule has 0 aliphatic carbocycles. The molecule has 1 fully saturated rings. The number of fused-ring (bicyclic) bond motifs is 1. The number of hydrogen-bond donors (Lipinski definition) is 0. The van der Waals surface area contributed by atoms with E-state index in [-0.39, 0.29) is 17.9 Å². The van der Waals surface area contributed by atoms with Crippen molar-refractivity contribution >= 4 is 22.6 Å². The first-order chi connectivity index (χ1) is 13.1. The van der Waals surface area contributed by atoms with Crippen LogP contribution < -0.4 is 4.90 Å². The highest BCUT2D eigenvalue weighted by molar-refractivity contribution is 5.84. The van der Waals surface area contributed by atoms with E-state index in [4.69, 9.17) is 0 Å². The molecule has 2 aromatic carbocycles. The molecule has 1 aromatic heterocycles. The quantitative estimate of drug-likeness (QED) is 0.712. The lowest BCUT2D eigenvalue weighted by Crippen LogP contribution is -2.51. The summed E-state index contributed by atoms with van der Waals surface area (Å²) in [5.74, 6) is 0.392. The van der Waals surface area contributed by atoms with Crippen LogP contribution >= 0.6 is 0 Å². The average molecular weight is 362 g/mol. The number of rotatable bonds is 4. The van der Waals surface area contributed by atoms with Gasteiger partial charge in [-0.3, -0.25) is 4.79 Å². The molecule has 1 saturated heterocycles. The highest BCUT2D eigenvalue weighted by Gasteiger charge is 2.31. The first-order valence-corrected chi connectivity index (χ1v) is 9.65. The summed E-state index contributed by atoms with van der Waals surface area (Å²) in [4.78, 5) is 22.2. The third-order valence-electron chi connectivity index (χ3n) is 5.38. The number of aromatic nitrogens is 2. The van der Waals surface area contributed by atoms with E-state index in [1.807, 2.05) is 46.1 Å². The minimum absolute atomic E-state index is 0.195. The van der Waals surface area contributed by atoms with Crippen molar-refractivity contribution in [3.63, 3.8) is 0 Å². The number of carbonyl (C=O) groups excluding carboxylic acids is 1. The van der Waals surface area contributed by atoms with Crippen LogP contribution in [-0.2, 0) is 4.79 Å². The third kappa shape index (κ3) is 3.42. The van der Waals surface area contributed by atoms with Crippen LogP contribution in [-0.4, -0.2) is 46.5 Å². The number of nitrogens with zero attached hydrogens (tertiary/aromatic N) is 4. The van der Waals surface area contributed by atoms with Gasteiger partial charge in [-0.15, -0.1) is 0 Å². The second kappa shape index (κ2) is 7.43. The van der Waals surface area contributed by atoms with E-state index >= 15 is 0 Å². The number of hydrogen-bond acceptors (Lipinski definition) is 3. The van der Waals surface area contributed by atoms with Crippen LogP contribution in [0.1, 0.15) is 19.9 Å². The number of anilines is 1. The van der Waals surface area contributed by atoms with E-state index in [1.165, 1.54) is 5.69 Å². The molecule has 0 bridgehead atoms. The van der Waals surface area contributed by atoms with Gasteiger partial charge < -0.3 is 14.4 Å². The van der Waals surface area contributed by atoms with Crippen molar-refractivity contribution in [2.24, 2.45) is 5.92 Å². The van der Waals surface area contributed by atoms with Gasteiger partial charge in [0, 0.05) is 31.9 Å². The predicted molar refractivity (Wildman–Crippen MR) is 109 cm³/mol. The Morgan fingerprint density at radius 3 is 2.30 bits per heavy atom. The van der Waals surface area contributed by atoms with Crippen LogP contribution in [0.4, 0.5) is 5.69 Å². The first kappa shape index (κ1) is 17.6. The van der Waals surface area contributed by atoms with E-state index in [0.717, 1.165) is 37.2 Å². The molecule has 1 aliphatic heterocycles. The van der Waals surface area contributed by atoms with Gasteiger partial charge in [-0.2, -0.15) is 0 Å². The SMILES string of the molecule is CC(C)[C@@H](C(=O)N1CCN(c2ccccc2)CC1)n1cnc2ccccc21. The zero-order chi connectivity index (χ0) is 18.8. The Labute approximate surface area is 160 Å². The smallest absolute Gasteiger partial charge is 0.246 e. The number of benzene rings is 2. The van der Waals surface area contributed by atoms with Crippen LogP contribution in [0.2, 0.25) is 0 Å². The molecule has 5 heteroatoms. The first-order valence-electron chi connectivity index (χ1n) is 9.65. The normalized spacial score (nSPS) is 16.1. The fourth-order valence-corrected chi connectivity index (χ4v) is 3.94. The zero-order valence-electron chi connectivity index (χ0n) is 16.0. The second-order valence-corrected chi connectivity index (χ2v) is 7.48. The average Bonchev–Trinajstić information content (AvgIpc) is 3.12. The van der Waals surface area contributed by atoms with Crippen molar-refractivity contribution in [3.8, 4) is 0 Å². The van der Waals surface area contributed by atoms with Gasteiger partial charge in [-0.1, -0.05) is 44.2 Å². The fraction of sp³-hybridized carbons (Fsp3) is 0.364. The Hall–Kier alpha value is -2.82. The number of piperazine rings is 1. The van der Waals surface area contributed by atoms with Crippen LogP contribution in [0.3, 0.4) is 0 Å². The van der Waals surface area contributed by atoms with Crippen molar-refractivity contribution in [2.75, 3.05) is 31.1 Å². The summed E-state index contributed by atoms with van der Waals surface area (Å²) in [6.45, 7) is 7.46. The summed E-state index contributed by atoms with van der Waals surface area (Å²) in [5, 5.41) is 0. The van der Waals surface area contributed by atoms with Crippen molar-refractivity contribution in [3.05, 3.63) is 60.9 Å². The fourth-order valence-electron chi connectivity index (χ4n) is 3.94. The van der Waals surface area contributed by atoms with E-state index in [9.17, 15) is 4.79 Å². The minimum atomic E-state index is -0.222. The number of carbonyl (C=O) groups is 1. The molecule has 0 saturated carbocycles. The molecule has 2 heterocycles. The summed E-state index contributed by atoms with van der Waals surface area (Å²) in [6, 6.07) is 18.2. The molecule has 1 amide bonds. The lowest BCUT2D eigenvalue weighted by atomic mass is 10.0. The monoisotopic (exact) mass is 362 g/mol. The summed E-state index contributed by atoms with van der Waals surface area (Å²) >= 11 is 0. The highest BCUT2D eigenvalue weighted by atomic mass is 16.2. The second-order valence-electron chi connectivity index (χ2n) is 7.48. The summed E-state index contributed by atoms with van der Waals surface area (Å²) in [7, 11) is 0. The molecule has 1 aliphatic rings. The Kier molecular flexibility index (Phi) is 4.84. The van der Waals surface area contributed by atoms with Crippen LogP contribution in [0.5, 0.6) is 0 Å². The summed E-state index contributed by atoms with van der Waals surface area (Å²) < 4.78 is 2.05. The van der Waals surface area contributed by atoms with E-state index in [0.29, 0.717) is 0 Å².